The second-order valence-electron chi connectivity index (χ2n) is 4.14. The summed E-state index contributed by atoms with van der Waals surface area (Å²) in [6, 6.07) is -1.75. The second-order valence-corrected chi connectivity index (χ2v) is 4.14. The minimum atomic E-state index is -1.04. The molecule has 1 heterocycles. The molecule has 7 heteroatoms. The average Bonchev–Trinajstić information content (AvgIpc) is 2.74. The number of amides is 1. The summed E-state index contributed by atoms with van der Waals surface area (Å²) in [7, 11) is 3.16. The first-order valence-corrected chi connectivity index (χ1v) is 5.62. The van der Waals surface area contributed by atoms with Gasteiger partial charge < -0.3 is 15.7 Å². The Morgan fingerprint density at radius 2 is 2.22 bits per heavy atom. The zero-order valence-corrected chi connectivity index (χ0v) is 10.7. The number of carbonyl (C=O) groups is 2. The Balaban J connectivity index is 2.83. The summed E-state index contributed by atoms with van der Waals surface area (Å²) in [5.74, 6) is -1.47. The highest BCUT2D eigenvalue weighted by Crippen LogP contribution is 2.14. The lowest BCUT2D eigenvalue weighted by molar-refractivity contribution is -0.149. The number of nitrogens with two attached hydrogens (primary N) is 1. The zero-order chi connectivity index (χ0) is 13.9. The molecule has 1 aromatic rings. The van der Waals surface area contributed by atoms with Crippen molar-refractivity contribution in [2.24, 2.45) is 12.8 Å². The molecule has 0 fully saturated rings. The van der Waals surface area contributed by atoms with Crippen molar-refractivity contribution in [1.82, 2.24) is 14.7 Å². The number of likely N-dealkylation sites (N-methyl/N-ethyl adjacent to an activating group) is 1. The fourth-order valence-electron chi connectivity index (χ4n) is 1.73. The van der Waals surface area contributed by atoms with Crippen molar-refractivity contribution in [2.75, 3.05) is 7.05 Å². The number of carboxylic acid groups (broad SMARTS) is 1. The molecule has 0 bridgehead atoms. The second kappa shape index (κ2) is 5.63. The van der Waals surface area contributed by atoms with Crippen LogP contribution in [-0.2, 0) is 16.6 Å². The van der Waals surface area contributed by atoms with Crippen LogP contribution >= 0.6 is 0 Å². The Kier molecular flexibility index (Phi) is 4.43. The normalized spacial score (nSPS) is 14.0. The predicted molar refractivity (Wildman–Crippen MR) is 64.6 cm³/mol. The first-order chi connectivity index (χ1) is 8.38. The van der Waals surface area contributed by atoms with E-state index in [0.717, 1.165) is 0 Å². The van der Waals surface area contributed by atoms with Gasteiger partial charge in [0.05, 0.1) is 6.20 Å². The van der Waals surface area contributed by atoms with Crippen LogP contribution in [0.4, 0.5) is 0 Å². The molecule has 1 rings (SSSR count). The fraction of sp³-hybridized carbons (Fsp3) is 0.545. The van der Waals surface area contributed by atoms with Gasteiger partial charge in [0.2, 0.25) is 5.91 Å². The van der Waals surface area contributed by atoms with E-state index in [2.05, 4.69) is 5.10 Å². The van der Waals surface area contributed by atoms with Crippen molar-refractivity contribution < 1.29 is 14.7 Å². The molecule has 18 heavy (non-hydrogen) atoms. The zero-order valence-electron chi connectivity index (χ0n) is 10.7. The Labute approximate surface area is 105 Å². The molecule has 100 valence electrons. The third-order valence-corrected chi connectivity index (χ3v) is 2.84. The van der Waals surface area contributed by atoms with Gasteiger partial charge >= 0.3 is 5.97 Å². The molecule has 1 aromatic heterocycles. The van der Waals surface area contributed by atoms with Gasteiger partial charge in [-0.1, -0.05) is 6.92 Å². The number of aromatic nitrogens is 2. The minimum Gasteiger partial charge on any atom is -0.480 e. The van der Waals surface area contributed by atoms with Crippen molar-refractivity contribution in [3.63, 3.8) is 0 Å². The van der Waals surface area contributed by atoms with E-state index >= 15 is 0 Å². The van der Waals surface area contributed by atoms with E-state index in [1.165, 1.54) is 22.8 Å². The van der Waals surface area contributed by atoms with Gasteiger partial charge in [-0.25, -0.2) is 4.79 Å². The molecule has 0 spiro atoms. The lowest BCUT2D eigenvalue weighted by Gasteiger charge is -2.26. The average molecular weight is 254 g/mol. The van der Waals surface area contributed by atoms with Crippen LogP contribution in [0.1, 0.15) is 24.9 Å². The van der Waals surface area contributed by atoms with E-state index in [1.54, 1.807) is 20.2 Å². The lowest BCUT2D eigenvalue weighted by Crippen LogP contribution is -2.45. The van der Waals surface area contributed by atoms with Crippen molar-refractivity contribution in [2.45, 2.75) is 25.4 Å². The monoisotopic (exact) mass is 254 g/mol. The standard InChI is InChI=1S/C11H18N4O3/c1-4-8(11(17)18)15(3)10(16)9(12)7-5-13-14(2)6-7/h5-6,8-9H,4,12H2,1-3H3,(H,17,18). The number of carbonyl (C=O) groups excluding carboxylic acids is 1. The molecular weight excluding hydrogens is 236 g/mol. The molecule has 0 aliphatic carbocycles. The molecule has 7 nitrogen and oxygen atoms in total. The van der Waals surface area contributed by atoms with Crippen molar-refractivity contribution in [1.29, 1.82) is 0 Å². The number of hydrogen-bond donors (Lipinski definition) is 2. The quantitative estimate of drug-likeness (QED) is 0.754. The summed E-state index contributed by atoms with van der Waals surface area (Å²) in [4.78, 5) is 24.2. The number of hydrogen-bond acceptors (Lipinski definition) is 4. The van der Waals surface area contributed by atoms with E-state index in [9.17, 15) is 9.59 Å². The van der Waals surface area contributed by atoms with Gasteiger partial charge in [0.15, 0.2) is 0 Å². The molecule has 0 saturated carbocycles. The molecule has 0 radical (unpaired) electrons. The van der Waals surface area contributed by atoms with Gasteiger partial charge in [0, 0.05) is 25.9 Å². The van der Waals surface area contributed by atoms with Crippen LogP contribution in [0.3, 0.4) is 0 Å². The van der Waals surface area contributed by atoms with Crippen LogP contribution in [0.15, 0.2) is 12.4 Å². The topological polar surface area (TPSA) is 101 Å². The molecule has 2 atom stereocenters. The van der Waals surface area contributed by atoms with Gasteiger partial charge in [0.1, 0.15) is 12.1 Å². The van der Waals surface area contributed by atoms with E-state index in [-0.39, 0.29) is 0 Å². The maximum absolute atomic E-state index is 12.1. The van der Waals surface area contributed by atoms with Gasteiger partial charge in [-0.15, -0.1) is 0 Å². The number of nitrogens with zero attached hydrogens (tertiary/aromatic N) is 3. The van der Waals surface area contributed by atoms with Crippen LogP contribution in [0.2, 0.25) is 0 Å². The highest BCUT2D eigenvalue weighted by atomic mass is 16.4. The molecule has 0 saturated heterocycles. The van der Waals surface area contributed by atoms with Gasteiger partial charge in [0.25, 0.3) is 0 Å². The van der Waals surface area contributed by atoms with Crippen LogP contribution in [0, 0.1) is 0 Å². The molecule has 0 aliphatic heterocycles. The predicted octanol–water partition coefficient (Wildman–Crippen LogP) is -0.258. The van der Waals surface area contributed by atoms with Crippen LogP contribution < -0.4 is 5.73 Å². The Hall–Kier alpha value is -1.89. The van der Waals surface area contributed by atoms with Crippen molar-refractivity contribution in [3.05, 3.63) is 18.0 Å². The van der Waals surface area contributed by atoms with Crippen LogP contribution in [0.25, 0.3) is 0 Å². The first-order valence-electron chi connectivity index (χ1n) is 5.62. The van der Waals surface area contributed by atoms with E-state index < -0.39 is 24.0 Å². The Morgan fingerprint density at radius 3 is 2.61 bits per heavy atom. The highest BCUT2D eigenvalue weighted by Gasteiger charge is 2.29. The van der Waals surface area contributed by atoms with E-state index in [4.69, 9.17) is 10.8 Å². The van der Waals surface area contributed by atoms with Gasteiger partial charge in [-0.3, -0.25) is 9.48 Å². The molecular formula is C11H18N4O3. The van der Waals surface area contributed by atoms with Gasteiger partial charge in [-0.2, -0.15) is 5.10 Å². The Morgan fingerprint density at radius 1 is 1.61 bits per heavy atom. The Bertz CT molecular complexity index is 443. The van der Waals surface area contributed by atoms with Gasteiger partial charge in [-0.05, 0) is 6.42 Å². The maximum atomic E-state index is 12.1. The summed E-state index contributed by atoms with van der Waals surface area (Å²) in [5, 5.41) is 12.9. The molecule has 3 N–H and O–H groups in total. The van der Waals surface area contributed by atoms with Crippen LogP contribution in [0.5, 0.6) is 0 Å². The summed E-state index contributed by atoms with van der Waals surface area (Å²) in [6.07, 6.45) is 3.47. The molecule has 0 aromatic carbocycles. The van der Waals surface area contributed by atoms with E-state index in [0.29, 0.717) is 12.0 Å². The molecule has 0 aliphatic rings. The third kappa shape index (κ3) is 2.86. The summed E-state index contributed by atoms with van der Waals surface area (Å²) in [5.41, 5.74) is 6.37. The third-order valence-electron chi connectivity index (χ3n) is 2.84. The number of aryl methyl sites for hydroxylation is 1. The fourth-order valence-corrected chi connectivity index (χ4v) is 1.73. The van der Waals surface area contributed by atoms with Crippen molar-refractivity contribution >= 4 is 11.9 Å². The van der Waals surface area contributed by atoms with E-state index in [1.807, 2.05) is 0 Å². The smallest absolute Gasteiger partial charge is 0.326 e. The summed E-state index contributed by atoms with van der Waals surface area (Å²) < 4.78 is 1.54. The lowest BCUT2D eigenvalue weighted by atomic mass is 10.1. The van der Waals surface area contributed by atoms with Crippen molar-refractivity contribution in [3.8, 4) is 0 Å². The highest BCUT2D eigenvalue weighted by molar-refractivity contribution is 5.87. The molecule has 1 amide bonds. The molecule has 2 unspecified atom stereocenters. The largest absolute Gasteiger partial charge is 0.480 e. The maximum Gasteiger partial charge on any atom is 0.326 e. The summed E-state index contributed by atoms with van der Waals surface area (Å²) >= 11 is 0. The first kappa shape index (κ1) is 14.2. The number of carboxylic acids is 1. The SMILES string of the molecule is CCC(C(=O)O)N(C)C(=O)C(N)c1cnn(C)c1. The minimum absolute atomic E-state index is 0.331. The van der Waals surface area contributed by atoms with Crippen LogP contribution in [-0.4, -0.2) is 44.8 Å². The number of aliphatic carboxylic acids is 1. The number of rotatable bonds is 5. The summed E-state index contributed by atoms with van der Waals surface area (Å²) in [6.45, 7) is 1.71.